The monoisotopic (exact) mass is 279 g/mol. The van der Waals surface area contributed by atoms with E-state index < -0.39 is 0 Å². The van der Waals surface area contributed by atoms with Gasteiger partial charge in [-0.15, -0.1) is 0 Å². The van der Waals surface area contributed by atoms with E-state index in [-0.39, 0.29) is 17.7 Å². The van der Waals surface area contributed by atoms with E-state index in [2.05, 4.69) is 5.16 Å². The Morgan fingerprint density at radius 2 is 1.95 bits per heavy atom. The molecule has 3 heterocycles. The second kappa shape index (κ2) is 5.24. The van der Waals surface area contributed by atoms with E-state index >= 15 is 0 Å². The van der Waals surface area contributed by atoms with Gasteiger partial charge in [-0.2, -0.15) is 0 Å². The summed E-state index contributed by atoms with van der Waals surface area (Å²) in [6.07, 6.45) is 0. The molecule has 0 radical (unpaired) electrons. The van der Waals surface area contributed by atoms with E-state index in [1.54, 1.807) is 17.9 Å². The number of nitrogens with zero attached hydrogens (tertiary/aromatic N) is 3. The molecular formula is C13H17N3O4. The number of carbonyl (C=O) groups is 2. The van der Waals surface area contributed by atoms with Crippen molar-refractivity contribution < 1.29 is 18.8 Å². The lowest BCUT2D eigenvalue weighted by Gasteiger charge is -2.40. The maximum Gasteiger partial charge on any atom is 0.276 e. The molecule has 1 aromatic rings. The molecule has 0 unspecified atom stereocenters. The van der Waals surface area contributed by atoms with Gasteiger partial charge in [0.25, 0.3) is 5.91 Å². The largest absolute Gasteiger partial charge is 0.378 e. The summed E-state index contributed by atoms with van der Waals surface area (Å²) in [5.74, 6) is 0.460. The van der Waals surface area contributed by atoms with Crippen molar-refractivity contribution in [1.82, 2.24) is 15.0 Å². The lowest BCUT2D eigenvalue weighted by atomic mass is 9.97. The number of carbonyl (C=O) groups excluding carboxylic acids is 2. The van der Waals surface area contributed by atoms with Crippen LogP contribution >= 0.6 is 0 Å². The molecule has 0 spiro atoms. The van der Waals surface area contributed by atoms with Crippen LogP contribution in [0.1, 0.15) is 16.2 Å². The molecular weight excluding hydrogens is 262 g/mol. The van der Waals surface area contributed by atoms with Crippen molar-refractivity contribution in [2.75, 3.05) is 39.4 Å². The summed E-state index contributed by atoms with van der Waals surface area (Å²) in [4.78, 5) is 27.7. The second-order valence-electron chi connectivity index (χ2n) is 5.17. The molecule has 108 valence electrons. The number of hydrogen-bond acceptors (Lipinski definition) is 5. The molecule has 0 aromatic carbocycles. The highest BCUT2D eigenvalue weighted by atomic mass is 16.5. The Morgan fingerprint density at radius 3 is 2.55 bits per heavy atom. The van der Waals surface area contributed by atoms with Crippen molar-refractivity contribution in [2.45, 2.75) is 6.92 Å². The zero-order chi connectivity index (χ0) is 14.1. The highest BCUT2D eigenvalue weighted by Gasteiger charge is 2.39. The first-order valence-electron chi connectivity index (χ1n) is 6.74. The van der Waals surface area contributed by atoms with Crippen LogP contribution in [0.2, 0.25) is 0 Å². The van der Waals surface area contributed by atoms with Gasteiger partial charge in [0.1, 0.15) is 5.76 Å². The Morgan fingerprint density at radius 1 is 1.25 bits per heavy atom. The lowest BCUT2D eigenvalue weighted by molar-refractivity contribution is -0.143. The van der Waals surface area contributed by atoms with Crippen molar-refractivity contribution in [3.05, 3.63) is 17.5 Å². The van der Waals surface area contributed by atoms with Gasteiger partial charge >= 0.3 is 0 Å². The predicted octanol–water partition coefficient (Wildman–Crippen LogP) is -0.0862. The van der Waals surface area contributed by atoms with E-state index in [1.807, 2.05) is 4.90 Å². The van der Waals surface area contributed by atoms with Crippen LogP contribution in [0, 0.1) is 12.8 Å². The van der Waals surface area contributed by atoms with Gasteiger partial charge in [0, 0.05) is 32.2 Å². The molecule has 2 aliphatic heterocycles. The molecule has 20 heavy (non-hydrogen) atoms. The molecule has 3 rings (SSSR count). The number of likely N-dealkylation sites (tertiary alicyclic amines) is 1. The number of morpholine rings is 1. The third-order valence-electron chi connectivity index (χ3n) is 3.69. The van der Waals surface area contributed by atoms with Crippen molar-refractivity contribution in [2.24, 2.45) is 5.92 Å². The lowest BCUT2D eigenvalue weighted by Crippen LogP contribution is -2.57. The standard InChI is InChI=1S/C13H17N3O4/c1-9-6-11(14-20-9)13(18)16-7-10(8-16)12(17)15-2-4-19-5-3-15/h6,10H,2-5,7-8H2,1H3. The van der Waals surface area contributed by atoms with E-state index in [9.17, 15) is 9.59 Å². The Hall–Kier alpha value is -1.89. The van der Waals surface area contributed by atoms with Crippen LogP contribution in [-0.2, 0) is 9.53 Å². The molecule has 0 atom stereocenters. The van der Waals surface area contributed by atoms with E-state index in [0.29, 0.717) is 50.8 Å². The molecule has 2 aliphatic rings. The van der Waals surface area contributed by atoms with Crippen LogP contribution in [0.4, 0.5) is 0 Å². The molecule has 1 aromatic heterocycles. The fraction of sp³-hybridized carbons (Fsp3) is 0.615. The minimum absolute atomic E-state index is 0.0925. The average Bonchev–Trinajstić information content (AvgIpc) is 2.84. The Labute approximate surface area is 116 Å². The van der Waals surface area contributed by atoms with Gasteiger partial charge in [-0.25, -0.2) is 0 Å². The van der Waals surface area contributed by atoms with Crippen LogP contribution in [-0.4, -0.2) is 66.2 Å². The first kappa shape index (κ1) is 13.1. The topological polar surface area (TPSA) is 75.9 Å². The van der Waals surface area contributed by atoms with Gasteiger partial charge in [-0.05, 0) is 6.92 Å². The summed E-state index contributed by atoms with van der Waals surface area (Å²) in [5, 5.41) is 3.70. The second-order valence-corrected chi connectivity index (χ2v) is 5.17. The van der Waals surface area contributed by atoms with E-state index in [1.165, 1.54) is 0 Å². The van der Waals surface area contributed by atoms with Crippen LogP contribution in [0.3, 0.4) is 0 Å². The average molecular weight is 279 g/mol. The Bertz CT molecular complexity index is 515. The normalized spacial score (nSPS) is 19.9. The van der Waals surface area contributed by atoms with Gasteiger partial charge < -0.3 is 19.1 Å². The summed E-state index contributed by atoms with van der Waals surface area (Å²) in [6, 6.07) is 1.61. The molecule has 7 nitrogen and oxygen atoms in total. The minimum Gasteiger partial charge on any atom is -0.378 e. The summed E-state index contributed by atoms with van der Waals surface area (Å²) < 4.78 is 10.1. The molecule has 0 aliphatic carbocycles. The fourth-order valence-electron chi connectivity index (χ4n) is 2.47. The maximum atomic E-state index is 12.2. The molecule has 0 saturated carbocycles. The molecule has 7 heteroatoms. The smallest absolute Gasteiger partial charge is 0.276 e. The van der Waals surface area contributed by atoms with Crippen LogP contribution in [0.5, 0.6) is 0 Å². The SMILES string of the molecule is Cc1cc(C(=O)N2CC(C(=O)N3CCOCC3)C2)no1. The number of amides is 2. The van der Waals surface area contributed by atoms with Gasteiger partial charge in [0.15, 0.2) is 5.69 Å². The van der Waals surface area contributed by atoms with Crippen molar-refractivity contribution in [1.29, 1.82) is 0 Å². The van der Waals surface area contributed by atoms with Gasteiger partial charge in [0.05, 0.1) is 19.1 Å². The molecule has 0 N–H and O–H groups in total. The highest BCUT2D eigenvalue weighted by Crippen LogP contribution is 2.21. The molecule has 2 amide bonds. The fourth-order valence-corrected chi connectivity index (χ4v) is 2.47. The van der Waals surface area contributed by atoms with E-state index in [0.717, 1.165) is 0 Å². The third kappa shape index (κ3) is 2.40. The first-order valence-corrected chi connectivity index (χ1v) is 6.74. The third-order valence-corrected chi connectivity index (χ3v) is 3.69. The minimum atomic E-state index is -0.173. The van der Waals surface area contributed by atoms with Gasteiger partial charge in [0.2, 0.25) is 5.91 Å². The van der Waals surface area contributed by atoms with Crippen LogP contribution in [0.15, 0.2) is 10.6 Å². The quantitative estimate of drug-likeness (QED) is 0.756. The van der Waals surface area contributed by atoms with Crippen molar-refractivity contribution in [3.63, 3.8) is 0 Å². The van der Waals surface area contributed by atoms with Crippen LogP contribution < -0.4 is 0 Å². The number of aryl methyl sites for hydroxylation is 1. The maximum absolute atomic E-state index is 12.2. The molecule has 2 saturated heterocycles. The predicted molar refractivity (Wildman–Crippen MR) is 68.0 cm³/mol. The number of hydrogen-bond donors (Lipinski definition) is 0. The summed E-state index contributed by atoms with van der Waals surface area (Å²) in [5.41, 5.74) is 0.305. The summed E-state index contributed by atoms with van der Waals surface area (Å²) in [7, 11) is 0. The Balaban J connectivity index is 1.53. The van der Waals surface area contributed by atoms with Gasteiger partial charge in [-0.3, -0.25) is 9.59 Å². The van der Waals surface area contributed by atoms with E-state index in [4.69, 9.17) is 9.26 Å². The highest BCUT2D eigenvalue weighted by molar-refractivity contribution is 5.94. The number of rotatable bonds is 2. The molecule has 0 bridgehead atoms. The zero-order valence-corrected chi connectivity index (χ0v) is 11.4. The van der Waals surface area contributed by atoms with Gasteiger partial charge in [-0.1, -0.05) is 5.16 Å². The van der Waals surface area contributed by atoms with Crippen molar-refractivity contribution >= 4 is 11.8 Å². The number of aromatic nitrogens is 1. The summed E-state index contributed by atoms with van der Waals surface area (Å²) in [6.45, 7) is 5.14. The first-order chi connectivity index (χ1) is 9.65. The van der Waals surface area contributed by atoms with Crippen molar-refractivity contribution in [3.8, 4) is 0 Å². The number of ether oxygens (including phenoxy) is 1. The van der Waals surface area contributed by atoms with Crippen LogP contribution in [0.25, 0.3) is 0 Å². The Kier molecular flexibility index (Phi) is 3.43. The zero-order valence-electron chi connectivity index (χ0n) is 11.4. The molecule has 2 fully saturated rings. The summed E-state index contributed by atoms with van der Waals surface area (Å²) >= 11 is 0.